The van der Waals surface area contributed by atoms with Gasteiger partial charge in [-0.2, -0.15) is 10.4 Å². The molecule has 0 saturated carbocycles. The molecule has 0 spiro atoms. The van der Waals surface area contributed by atoms with Crippen LogP contribution in [0.1, 0.15) is 25.0 Å². The number of hydrogen-bond acceptors (Lipinski definition) is 5. The van der Waals surface area contributed by atoms with Gasteiger partial charge in [-0.15, -0.1) is 0 Å². The van der Waals surface area contributed by atoms with Crippen LogP contribution in [0.15, 0.2) is 36.7 Å². The van der Waals surface area contributed by atoms with E-state index in [0.29, 0.717) is 23.5 Å². The zero-order chi connectivity index (χ0) is 17.5. The molecule has 0 aliphatic rings. The number of amides is 1. The van der Waals surface area contributed by atoms with E-state index in [1.807, 2.05) is 12.1 Å². The largest absolute Gasteiger partial charge is 0.323 e. The number of aromatic nitrogens is 2. The zero-order valence-corrected chi connectivity index (χ0v) is 14.3. The van der Waals surface area contributed by atoms with Crippen molar-refractivity contribution in [2.45, 2.75) is 20.4 Å². The molecule has 7 heteroatoms. The van der Waals surface area contributed by atoms with Crippen LogP contribution in [0, 0.1) is 17.2 Å². The number of benzene rings is 1. The van der Waals surface area contributed by atoms with Gasteiger partial charge in [0.1, 0.15) is 0 Å². The van der Waals surface area contributed by atoms with Crippen LogP contribution in [0.25, 0.3) is 0 Å². The van der Waals surface area contributed by atoms with E-state index < -0.39 is 0 Å². The van der Waals surface area contributed by atoms with Gasteiger partial charge < -0.3 is 5.32 Å². The Bertz CT molecular complexity index is 779. The Kier molecular flexibility index (Phi) is 6.15. The average Bonchev–Trinajstić information content (AvgIpc) is 2.99. The summed E-state index contributed by atoms with van der Waals surface area (Å²) < 4.78 is 1.70. The number of anilines is 1. The highest BCUT2D eigenvalue weighted by atomic mass is 32.2. The fraction of sp³-hybridized carbons (Fsp3) is 0.294. The smallest absolute Gasteiger partial charge is 0.228 e. The van der Waals surface area contributed by atoms with Gasteiger partial charge in [-0.05, 0) is 17.7 Å². The van der Waals surface area contributed by atoms with E-state index in [1.165, 1.54) is 6.92 Å². The second-order valence-corrected chi connectivity index (χ2v) is 6.63. The van der Waals surface area contributed by atoms with Crippen LogP contribution in [0.5, 0.6) is 0 Å². The third-order valence-corrected chi connectivity index (χ3v) is 4.36. The Morgan fingerprint density at radius 1 is 1.46 bits per heavy atom. The molecule has 0 radical (unpaired) electrons. The van der Waals surface area contributed by atoms with Crippen molar-refractivity contribution >= 4 is 28.5 Å². The molecule has 1 aromatic carbocycles. The lowest BCUT2D eigenvalue weighted by Crippen LogP contribution is -2.22. The van der Waals surface area contributed by atoms with Crippen molar-refractivity contribution in [3.05, 3.63) is 47.8 Å². The van der Waals surface area contributed by atoms with E-state index in [0.717, 1.165) is 17.3 Å². The maximum atomic E-state index is 12.1. The molecular weight excluding hydrogens is 324 g/mol. The third kappa shape index (κ3) is 5.25. The molecule has 2 rings (SSSR count). The van der Waals surface area contributed by atoms with Crippen molar-refractivity contribution in [2.24, 2.45) is 5.92 Å². The molecule has 0 aliphatic heterocycles. The molecule has 1 unspecified atom stereocenters. The minimum absolute atomic E-state index is 0.00192. The van der Waals surface area contributed by atoms with E-state index in [9.17, 15) is 9.59 Å². The van der Waals surface area contributed by atoms with Crippen molar-refractivity contribution < 1.29 is 9.59 Å². The first-order valence-electron chi connectivity index (χ1n) is 7.43. The van der Waals surface area contributed by atoms with Crippen molar-refractivity contribution in [3.8, 4) is 6.07 Å². The predicted octanol–water partition coefficient (Wildman–Crippen LogP) is 2.66. The maximum absolute atomic E-state index is 12.1. The topological polar surface area (TPSA) is 87.8 Å². The van der Waals surface area contributed by atoms with Gasteiger partial charge in [0.15, 0.2) is 5.12 Å². The van der Waals surface area contributed by atoms with Gasteiger partial charge in [0.05, 0.1) is 30.1 Å². The average molecular weight is 342 g/mol. The number of hydrogen-bond donors (Lipinski definition) is 1. The number of thioether (sulfide) groups is 1. The molecule has 24 heavy (non-hydrogen) atoms. The number of rotatable bonds is 6. The Morgan fingerprint density at radius 3 is 2.96 bits per heavy atom. The number of nitrogens with zero attached hydrogens (tertiary/aromatic N) is 3. The van der Waals surface area contributed by atoms with Crippen molar-refractivity contribution in [1.82, 2.24) is 9.78 Å². The van der Waals surface area contributed by atoms with Crippen LogP contribution < -0.4 is 5.32 Å². The first kappa shape index (κ1) is 17.8. The lowest BCUT2D eigenvalue weighted by Gasteiger charge is -2.09. The standard InChI is InChI=1S/C17H18N4O2S/c1-12(11-24-13(2)22)17(23)20-16-8-19-21(10-16)9-15-5-3-4-14(6-15)7-18/h3-6,8,10,12H,9,11H2,1-2H3,(H,20,23). The van der Waals surface area contributed by atoms with Gasteiger partial charge >= 0.3 is 0 Å². The summed E-state index contributed by atoms with van der Waals surface area (Å²) in [5.41, 5.74) is 2.17. The van der Waals surface area contributed by atoms with E-state index in [2.05, 4.69) is 16.5 Å². The van der Waals surface area contributed by atoms with Gasteiger partial charge in [-0.25, -0.2) is 0 Å². The first-order valence-corrected chi connectivity index (χ1v) is 8.42. The number of nitriles is 1. The Balaban J connectivity index is 1.94. The lowest BCUT2D eigenvalue weighted by molar-refractivity contribution is -0.118. The molecule has 0 saturated heterocycles. The summed E-state index contributed by atoms with van der Waals surface area (Å²) in [7, 11) is 0. The molecule has 0 fully saturated rings. The highest BCUT2D eigenvalue weighted by Gasteiger charge is 2.15. The first-order chi connectivity index (χ1) is 11.5. The van der Waals surface area contributed by atoms with Gasteiger partial charge in [0.2, 0.25) is 5.91 Å². The minimum atomic E-state index is -0.269. The predicted molar refractivity (Wildman–Crippen MR) is 93.4 cm³/mol. The van der Waals surface area contributed by atoms with Crippen LogP contribution in [-0.2, 0) is 16.1 Å². The second-order valence-electron chi connectivity index (χ2n) is 5.43. The summed E-state index contributed by atoms with van der Waals surface area (Å²) >= 11 is 1.14. The van der Waals surface area contributed by atoms with Crippen molar-refractivity contribution in [1.29, 1.82) is 5.26 Å². The second kappa shape index (κ2) is 8.31. The summed E-state index contributed by atoms with van der Waals surface area (Å²) in [4.78, 5) is 23.0. The summed E-state index contributed by atoms with van der Waals surface area (Å²) in [6, 6.07) is 9.41. The van der Waals surface area contributed by atoms with Crippen LogP contribution >= 0.6 is 11.8 Å². The number of nitrogens with one attached hydrogen (secondary N) is 1. The maximum Gasteiger partial charge on any atom is 0.228 e. The Morgan fingerprint density at radius 2 is 2.25 bits per heavy atom. The van der Waals surface area contributed by atoms with Crippen LogP contribution in [0.2, 0.25) is 0 Å². The van der Waals surface area contributed by atoms with Crippen LogP contribution in [0.3, 0.4) is 0 Å². The Hall–Kier alpha value is -2.59. The molecule has 0 bridgehead atoms. The molecule has 1 atom stereocenters. The normalized spacial score (nSPS) is 11.5. The zero-order valence-electron chi connectivity index (χ0n) is 13.5. The molecule has 6 nitrogen and oxygen atoms in total. The highest BCUT2D eigenvalue weighted by Crippen LogP contribution is 2.13. The summed E-state index contributed by atoms with van der Waals surface area (Å²) in [6.45, 7) is 3.78. The highest BCUT2D eigenvalue weighted by molar-refractivity contribution is 8.13. The quantitative estimate of drug-likeness (QED) is 0.872. The molecule has 1 amide bonds. The summed E-state index contributed by atoms with van der Waals surface area (Å²) in [5, 5.41) is 15.9. The van der Waals surface area contributed by atoms with E-state index in [-0.39, 0.29) is 16.9 Å². The molecule has 2 aromatic rings. The van der Waals surface area contributed by atoms with E-state index in [1.54, 1.807) is 36.1 Å². The number of carbonyl (C=O) groups excluding carboxylic acids is 2. The summed E-state index contributed by atoms with van der Waals surface area (Å²) in [6.07, 6.45) is 3.32. The molecule has 124 valence electrons. The van der Waals surface area contributed by atoms with Crippen LogP contribution in [-0.4, -0.2) is 26.6 Å². The van der Waals surface area contributed by atoms with Crippen molar-refractivity contribution in [2.75, 3.05) is 11.1 Å². The minimum Gasteiger partial charge on any atom is -0.323 e. The third-order valence-electron chi connectivity index (χ3n) is 3.29. The Labute approximate surface area is 144 Å². The monoisotopic (exact) mass is 342 g/mol. The molecular formula is C17H18N4O2S. The van der Waals surface area contributed by atoms with Gasteiger partial charge in [-0.1, -0.05) is 30.8 Å². The van der Waals surface area contributed by atoms with Gasteiger partial charge in [-0.3, -0.25) is 14.3 Å². The SMILES string of the molecule is CC(=O)SCC(C)C(=O)Nc1cnn(Cc2cccc(C#N)c2)c1. The molecule has 1 heterocycles. The molecule has 0 aliphatic carbocycles. The summed E-state index contributed by atoms with van der Waals surface area (Å²) in [5.74, 6) is 0.0420. The van der Waals surface area contributed by atoms with Crippen LogP contribution in [0.4, 0.5) is 5.69 Å². The van der Waals surface area contributed by atoms with Gasteiger partial charge in [0, 0.05) is 24.8 Å². The van der Waals surface area contributed by atoms with E-state index in [4.69, 9.17) is 5.26 Å². The van der Waals surface area contributed by atoms with Gasteiger partial charge in [0.25, 0.3) is 0 Å². The molecule has 1 N–H and O–H groups in total. The fourth-order valence-corrected chi connectivity index (χ4v) is 2.66. The molecule has 1 aromatic heterocycles. The fourth-order valence-electron chi connectivity index (χ4n) is 2.02. The van der Waals surface area contributed by atoms with Crippen molar-refractivity contribution in [3.63, 3.8) is 0 Å². The lowest BCUT2D eigenvalue weighted by atomic mass is 10.1. The van der Waals surface area contributed by atoms with E-state index >= 15 is 0 Å². The number of carbonyl (C=O) groups is 2.